The fourth-order valence-corrected chi connectivity index (χ4v) is 4.85. The summed E-state index contributed by atoms with van der Waals surface area (Å²) in [5.41, 5.74) is 3.54. The number of fused-ring (bicyclic) bond motifs is 2. The van der Waals surface area contributed by atoms with Crippen LogP contribution in [0.4, 0.5) is 5.69 Å². The zero-order chi connectivity index (χ0) is 21.7. The number of ketones is 1. The molecular formula is C27H23NO3. The number of hydrogen-bond donors (Lipinski definition) is 0. The lowest BCUT2D eigenvalue weighted by molar-refractivity contribution is -0.117. The van der Waals surface area contributed by atoms with Crippen LogP contribution in [0.3, 0.4) is 0 Å². The summed E-state index contributed by atoms with van der Waals surface area (Å²) < 4.78 is 6.13. The van der Waals surface area contributed by atoms with Crippen molar-refractivity contribution in [2.75, 3.05) is 4.90 Å². The molecule has 31 heavy (non-hydrogen) atoms. The quantitative estimate of drug-likeness (QED) is 0.380. The molecule has 4 aromatic rings. The van der Waals surface area contributed by atoms with Crippen molar-refractivity contribution in [2.24, 2.45) is 0 Å². The van der Waals surface area contributed by atoms with Crippen molar-refractivity contribution in [1.82, 2.24) is 0 Å². The van der Waals surface area contributed by atoms with Crippen LogP contribution in [-0.4, -0.2) is 11.7 Å². The number of carbonyl (C=O) groups is 2. The maximum absolute atomic E-state index is 12.9. The van der Waals surface area contributed by atoms with Gasteiger partial charge in [0, 0.05) is 12.6 Å². The third-order valence-electron chi connectivity index (χ3n) is 6.20. The Hall–Kier alpha value is -3.66. The van der Waals surface area contributed by atoms with Crippen LogP contribution in [0.25, 0.3) is 10.8 Å². The van der Waals surface area contributed by atoms with E-state index in [1.807, 2.05) is 54.3 Å². The van der Waals surface area contributed by atoms with Crippen LogP contribution in [0.5, 0.6) is 0 Å². The summed E-state index contributed by atoms with van der Waals surface area (Å²) in [7, 11) is 0. The summed E-state index contributed by atoms with van der Waals surface area (Å²) in [5.74, 6) is 1.07. The third kappa shape index (κ3) is 3.07. The van der Waals surface area contributed by atoms with Gasteiger partial charge in [0.05, 0.1) is 17.5 Å². The van der Waals surface area contributed by atoms with Gasteiger partial charge >= 0.3 is 0 Å². The van der Waals surface area contributed by atoms with Gasteiger partial charge in [-0.05, 0) is 53.9 Å². The van der Waals surface area contributed by atoms with E-state index in [0.29, 0.717) is 17.1 Å². The van der Waals surface area contributed by atoms with Gasteiger partial charge in [0.25, 0.3) is 0 Å². The standard InChI is InChI=1S/C27H23NO3/c1-16(29)23-15-25(31-17(23)2)26-22-10-6-7-11-24(22)28(18(3)30)27(26)21-13-12-19-8-4-5-9-20(19)14-21/h4-15,26-27H,1-3H3/t26-,27+/m1/s1. The molecule has 3 aromatic carbocycles. The maximum Gasteiger partial charge on any atom is 0.224 e. The van der Waals surface area contributed by atoms with Crippen molar-refractivity contribution in [2.45, 2.75) is 32.7 Å². The highest BCUT2D eigenvalue weighted by atomic mass is 16.3. The summed E-state index contributed by atoms with van der Waals surface area (Å²) in [6.07, 6.45) is 0. The fraction of sp³-hybridized carbons (Fsp3) is 0.185. The predicted molar refractivity (Wildman–Crippen MR) is 122 cm³/mol. The van der Waals surface area contributed by atoms with Gasteiger partial charge < -0.3 is 9.32 Å². The Bertz CT molecular complexity index is 1330. The van der Waals surface area contributed by atoms with Gasteiger partial charge in [-0.25, -0.2) is 0 Å². The number of amides is 1. The smallest absolute Gasteiger partial charge is 0.224 e. The lowest BCUT2D eigenvalue weighted by Crippen LogP contribution is -2.31. The van der Waals surface area contributed by atoms with Gasteiger partial charge in [-0.1, -0.05) is 54.6 Å². The van der Waals surface area contributed by atoms with E-state index in [1.54, 1.807) is 13.8 Å². The summed E-state index contributed by atoms with van der Waals surface area (Å²) in [6, 6.07) is 24.1. The van der Waals surface area contributed by atoms with Gasteiger partial charge in [0.1, 0.15) is 11.5 Å². The number of para-hydroxylation sites is 1. The lowest BCUT2D eigenvalue weighted by Gasteiger charge is -2.28. The number of benzene rings is 3. The zero-order valence-electron chi connectivity index (χ0n) is 17.8. The number of Topliss-reactive ketones (excluding diaryl/α,β-unsaturated/α-hetero) is 1. The average molecular weight is 409 g/mol. The Labute approximate surface area is 181 Å². The Balaban J connectivity index is 1.75. The van der Waals surface area contributed by atoms with Crippen LogP contribution in [-0.2, 0) is 4.79 Å². The van der Waals surface area contributed by atoms with Crippen LogP contribution in [0.2, 0.25) is 0 Å². The van der Waals surface area contributed by atoms with Gasteiger partial charge in [-0.3, -0.25) is 9.59 Å². The van der Waals surface area contributed by atoms with Crippen molar-refractivity contribution < 1.29 is 14.0 Å². The minimum absolute atomic E-state index is 0.0236. The average Bonchev–Trinajstić information content (AvgIpc) is 3.31. The minimum Gasteiger partial charge on any atom is -0.465 e. The second-order valence-electron chi connectivity index (χ2n) is 8.15. The highest BCUT2D eigenvalue weighted by Gasteiger charge is 2.44. The molecule has 0 N–H and O–H groups in total. The van der Waals surface area contributed by atoms with Gasteiger partial charge in [-0.15, -0.1) is 0 Å². The van der Waals surface area contributed by atoms with Gasteiger partial charge in [0.2, 0.25) is 5.91 Å². The van der Waals surface area contributed by atoms with Crippen LogP contribution >= 0.6 is 0 Å². The Morgan fingerprint density at radius 3 is 2.29 bits per heavy atom. The number of anilines is 1. The monoisotopic (exact) mass is 409 g/mol. The van der Waals surface area contributed by atoms with Crippen molar-refractivity contribution >= 4 is 28.2 Å². The zero-order valence-corrected chi connectivity index (χ0v) is 17.8. The summed E-state index contributed by atoms with van der Waals surface area (Å²) in [5, 5.41) is 2.28. The lowest BCUT2D eigenvalue weighted by atomic mass is 9.87. The topological polar surface area (TPSA) is 50.5 Å². The van der Waals surface area contributed by atoms with Crippen LogP contribution in [0, 0.1) is 6.92 Å². The molecule has 0 unspecified atom stereocenters. The van der Waals surface area contributed by atoms with E-state index in [4.69, 9.17) is 4.42 Å². The van der Waals surface area contributed by atoms with Crippen molar-refractivity contribution in [3.63, 3.8) is 0 Å². The highest BCUT2D eigenvalue weighted by molar-refractivity contribution is 5.97. The van der Waals surface area contributed by atoms with Gasteiger partial charge in [-0.2, -0.15) is 0 Å². The fourth-order valence-electron chi connectivity index (χ4n) is 4.85. The third-order valence-corrected chi connectivity index (χ3v) is 6.20. The molecule has 0 aliphatic carbocycles. The Kier molecular flexibility index (Phi) is 4.51. The molecule has 1 amide bonds. The summed E-state index contributed by atoms with van der Waals surface area (Å²) in [6.45, 7) is 4.96. The minimum atomic E-state index is -0.259. The molecule has 0 saturated carbocycles. The second-order valence-corrected chi connectivity index (χ2v) is 8.15. The van der Waals surface area contributed by atoms with Crippen LogP contribution < -0.4 is 4.90 Å². The van der Waals surface area contributed by atoms with Crippen molar-refractivity contribution in [3.05, 3.63) is 101 Å². The molecule has 5 rings (SSSR count). The van der Waals surface area contributed by atoms with E-state index >= 15 is 0 Å². The molecule has 4 heteroatoms. The number of furan rings is 1. The van der Waals surface area contributed by atoms with E-state index in [-0.39, 0.29) is 23.7 Å². The molecule has 0 spiro atoms. The van der Waals surface area contributed by atoms with Crippen molar-refractivity contribution in [1.29, 1.82) is 0 Å². The largest absolute Gasteiger partial charge is 0.465 e. The molecule has 1 aliphatic rings. The number of hydrogen-bond acceptors (Lipinski definition) is 3. The van der Waals surface area contributed by atoms with E-state index in [2.05, 4.69) is 30.3 Å². The second kappa shape index (κ2) is 7.24. The van der Waals surface area contributed by atoms with Crippen LogP contribution in [0.1, 0.15) is 58.8 Å². The molecule has 2 atom stereocenters. The first-order chi connectivity index (χ1) is 15.0. The first kappa shape index (κ1) is 19.3. The molecule has 1 aromatic heterocycles. The molecule has 0 radical (unpaired) electrons. The number of nitrogens with zero attached hydrogens (tertiary/aromatic N) is 1. The molecule has 0 saturated heterocycles. The van der Waals surface area contributed by atoms with Crippen LogP contribution in [0.15, 0.2) is 77.2 Å². The summed E-state index contributed by atoms with van der Waals surface area (Å²) >= 11 is 0. The van der Waals surface area contributed by atoms with E-state index < -0.39 is 0 Å². The molecule has 4 nitrogen and oxygen atoms in total. The Morgan fingerprint density at radius 2 is 1.58 bits per heavy atom. The number of carbonyl (C=O) groups excluding carboxylic acids is 2. The number of aryl methyl sites for hydroxylation is 1. The van der Waals surface area contributed by atoms with Gasteiger partial charge in [0.15, 0.2) is 5.78 Å². The van der Waals surface area contributed by atoms with Crippen molar-refractivity contribution in [3.8, 4) is 0 Å². The predicted octanol–water partition coefficient (Wildman–Crippen LogP) is 6.18. The van der Waals surface area contributed by atoms with E-state index in [0.717, 1.165) is 27.6 Å². The molecule has 2 heterocycles. The number of rotatable bonds is 3. The molecule has 0 fully saturated rings. The van der Waals surface area contributed by atoms with E-state index in [9.17, 15) is 9.59 Å². The highest BCUT2D eigenvalue weighted by Crippen LogP contribution is 2.52. The normalized spacial score (nSPS) is 17.7. The maximum atomic E-state index is 12.9. The molecule has 154 valence electrons. The molecule has 0 bridgehead atoms. The molecular weight excluding hydrogens is 386 g/mol. The summed E-state index contributed by atoms with van der Waals surface area (Å²) in [4.78, 5) is 26.8. The first-order valence-electron chi connectivity index (χ1n) is 10.4. The first-order valence-corrected chi connectivity index (χ1v) is 10.4. The molecule has 1 aliphatic heterocycles. The van der Waals surface area contributed by atoms with E-state index in [1.165, 1.54) is 0 Å². The SMILES string of the molecule is CC(=O)c1cc([C@H]2c3ccccc3N(C(C)=O)[C@H]2c2ccc3ccccc3c2)oc1C. The Morgan fingerprint density at radius 1 is 0.871 bits per heavy atom.